The first kappa shape index (κ1) is 29.1. The van der Waals surface area contributed by atoms with Gasteiger partial charge in [0.2, 0.25) is 0 Å². The molecule has 0 aliphatic heterocycles. The average molecular weight is 629 g/mol. The van der Waals surface area contributed by atoms with Crippen LogP contribution in [-0.4, -0.2) is 4.57 Å². The average Bonchev–Trinajstić information content (AvgIpc) is 3.40. The molecule has 0 unspecified atom stereocenters. The quantitative estimate of drug-likeness (QED) is 0.188. The van der Waals surface area contributed by atoms with Crippen LogP contribution in [0.5, 0.6) is 0 Å². The number of benzene rings is 7. The van der Waals surface area contributed by atoms with Crippen LogP contribution >= 0.6 is 0 Å². The van der Waals surface area contributed by atoms with E-state index < -0.39 is 0 Å². The number of anilines is 3. The Balaban J connectivity index is 1.24. The fourth-order valence-corrected chi connectivity index (χ4v) is 7.88. The smallest absolute Gasteiger partial charge is 0.0545 e. The molecule has 7 aromatic carbocycles. The second-order valence-electron chi connectivity index (χ2n) is 13.6. The molecular formula is C47H36N2. The summed E-state index contributed by atoms with van der Waals surface area (Å²) < 4.78 is 2.27. The fraction of sp³-hybridized carbons (Fsp3) is 0.0638. The fourth-order valence-electron chi connectivity index (χ4n) is 7.88. The van der Waals surface area contributed by atoms with Gasteiger partial charge in [0.15, 0.2) is 0 Å². The molecule has 49 heavy (non-hydrogen) atoms. The van der Waals surface area contributed by atoms with E-state index in [-0.39, 0.29) is 5.41 Å². The highest BCUT2D eigenvalue weighted by molar-refractivity contribution is 6.08. The maximum Gasteiger partial charge on any atom is 0.0545 e. The minimum atomic E-state index is -0.0922. The minimum Gasteiger partial charge on any atom is -0.310 e. The van der Waals surface area contributed by atoms with Crippen molar-refractivity contribution in [2.45, 2.75) is 19.3 Å². The first-order chi connectivity index (χ1) is 24.0. The molecule has 8 aromatic rings. The summed E-state index contributed by atoms with van der Waals surface area (Å²) in [6, 6.07) is 61.6. The summed E-state index contributed by atoms with van der Waals surface area (Å²) in [4.78, 5) is 2.39. The molecule has 1 aromatic heterocycles. The van der Waals surface area contributed by atoms with E-state index >= 15 is 0 Å². The third-order valence-corrected chi connectivity index (χ3v) is 10.3. The van der Waals surface area contributed by atoms with Gasteiger partial charge in [-0.05, 0) is 104 Å². The highest BCUT2D eigenvalue weighted by Crippen LogP contribution is 2.50. The molecule has 1 aliphatic rings. The highest BCUT2D eigenvalue weighted by Gasteiger charge is 2.35. The molecular weight excluding hydrogens is 593 g/mol. The van der Waals surface area contributed by atoms with Crippen LogP contribution in [0, 0.1) is 0 Å². The summed E-state index contributed by atoms with van der Waals surface area (Å²) in [5.74, 6) is 0. The third-order valence-electron chi connectivity index (χ3n) is 10.3. The van der Waals surface area contributed by atoms with Crippen LogP contribution in [0.4, 0.5) is 17.1 Å². The van der Waals surface area contributed by atoms with Gasteiger partial charge >= 0.3 is 0 Å². The molecule has 2 nitrogen and oxygen atoms in total. The molecule has 0 bridgehead atoms. The summed E-state index contributed by atoms with van der Waals surface area (Å²) in [6.07, 6.45) is 0. The lowest BCUT2D eigenvalue weighted by Gasteiger charge is -2.28. The molecule has 1 heterocycles. The lowest BCUT2D eigenvalue weighted by Crippen LogP contribution is -2.17. The molecule has 0 saturated heterocycles. The number of nitrogens with zero attached hydrogens (tertiary/aromatic N) is 2. The summed E-state index contributed by atoms with van der Waals surface area (Å²) in [6.45, 7) is 9.21. The summed E-state index contributed by atoms with van der Waals surface area (Å²) in [5, 5.41) is 6.98. The zero-order chi connectivity index (χ0) is 33.1. The number of hydrogen-bond donors (Lipinski definition) is 0. The van der Waals surface area contributed by atoms with Crippen molar-refractivity contribution < 1.29 is 0 Å². The van der Waals surface area contributed by atoms with E-state index in [0.717, 1.165) is 33.6 Å². The predicted molar refractivity (Wildman–Crippen MR) is 209 cm³/mol. The van der Waals surface area contributed by atoms with Gasteiger partial charge in [0.1, 0.15) is 0 Å². The Kier molecular flexibility index (Phi) is 6.67. The number of fused-ring (bicyclic) bond motifs is 4. The lowest BCUT2D eigenvalue weighted by atomic mass is 9.82. The molecule has 0 N–H and O–H groups in total. The van der Waals surface area contributed by atoms with Crippen molar-refractivity contribution in [2.24, 2.45) is 0 Å². The van der Waals surface area contributed by atoms with Crippen molar-refractivity contribution in [3.63, 3.8) is 0 Å². The number of rotatable bonds is 4. The van der Waals surface area contributed by atoms with Gasteiger partial charge in [0.25, 0.3) is 0 Å². The van der Waals surface area contributed by atoms with Gasteiger partial charge < -0.3 is 9.47 Å². The largest absolute Gasteiger partial charge is 0.310 e. The van der Waals surface area contributed by atoms with E-state index in [0.29, 0.717) is 0 Å². The van der Waals surface area contributed by atoms with E-state index in [9.17, 15) is 0 Å². The van der Waals surface area contributed by atoms with Crippen LogP contribution in [0.3, 0.4) is 0 Å². The van der Waals surface area contributed by atoms with E-state index in [4.69, 9.17) is 0 Å². The Morgan fingerprint density at radius 1 is 0.469 bits per heavy atom. The minimum absolute atomic E-state index is 0.0922. The second kappa shape index (κ2) is 11.2. The van der Waals surface area contributed by atoms with Crippen LogP contribution in [0.1, 0.15) is 25.0 Å². The zero-order valence-electron chi connectivity index (χ0n) is 27.8. The first-order valence-electron chi connectivity index (χ1n) is 17.0. The molecule has 2 heteroatoms. The van der Waals surface area contributed by atoms with Gasteiger partial charge in [0.05, 0.1) is 5.52 Å². The maximum absolute atomic E-state index is 4.52. The first-order valence-corrected chi connectivity index (χ1v) is 17.0. The van der Waals surface area contributed by atoms with Crippen molar-refractivity contribution in [3.8, 4) is 16.8 Å². The maximum atomic E-state index is 4.52. The Bertz CT molecular complexity index is 2650. The zero-order valence-corrected chi connectivity index (χ0v) is 27.8. The molecule has 234 valence electrons. The van der Waals surface area contributed by atoms with Gasteiger partial charge in [-0.25, -0.2) is 0 Å². The van der Waals surface area contributed by atoms with Crippen molar-refractivity contribution in [1.82, 2.24) is 4.57 Å². The monoisotopic (exact) mass is 628 g/mol. The molecule has 0 amide bonds. The van der Waals surface area contributed by atoms with Crippen LogP contribution in [0.25, 0.3) is 55.8 Å². The van der Waals surface area contributed by atoms with E-state index in [1.165, 1.54) is 49.2 Å². The van der Waals surface area contributed by atoms with Crippen molar-refractivity contribution in [2.75, 3.05) is 4.90 Å². The predicted octanol–water partition coefficient (Wildman–Crippen LogP) is 12.0. The van der Waals surface area contributed by atoms with Crippen LogP contribution in [0.15, 0.2) is 170 Å². The Hall–Kier alpha value is -6.12. The van der Waals surface area contributed by atoms with Crippen LogP contribution in [0.2, 0.25) is 0 Å². The third kappa shape index (κ3) is 4.71. The lowest BCUT2D eigenvalue weighted by molar-refractivity contribution is 0.660. The number of hydrogen-bond acceptors (Lipinski definition) is 1. The highest BCUT2D eigenvalue weighted by atomic mass is 15.1. The molecule has 0 spiro atoms. The summed E-state index contributed by atoms with van der Waals surface area (Å²) in [7, 11) is 0. The van der Waals surface area contributed by atoms with E-state index in [1.807, 2.05) is 0 Å². The van der Waals surface area contributed by atoms with Crippen molar-refractivity contribution >= 4 is 56.1 Å². The SMILES string of the molecule is C=c1ccccc2cccc3cccc(c23)n1-c1ccc(N(c2ccc3c(c2)C(C)(C)c2ccccc2-3)c2ccc3ccccc3c2)cc1. The van der Waals surface area contributed by atoms with Gasteiger partial charge in [-0.3, -0.25) is 0 Å². The molecule has 9 rings (SSSR count). The summed E-state index contributed by atoms with van der Waals surface area (Å²) >= 11 is 0. The van der Waals surface area contributed by atoms with Crippen molar-refractivity contribution in [1.29, 1.82) is 0 Å². The Labute approximate surface area is 287 Å². The second-order valence-corrected chi connectivity index (χ2v) is 13.6. The normalized spacial score (nSPS) is 12.9. The van der Waals surface area contributed by atoms with Gasteiger partial charge in [0, 0.05) is 38.9 Å². The van der Waals surface area contributed by atoms with Crippen LogP contribution < -0.4 is 10.2 Å². The Morgan fingerprint density at radius 2 is 1.04 bits per heavy atom. The van der Waals surface area contributed by atoms with Gasteiger partial charge in [-0.1, -0.05) is 130 Å². The summed E-state index contributed by atoms with van der Waals surface area (Å²) in [5.41, 5.74) is 10.8. The Morgan fingerprint density at radius 3 is 1.84 bits per heavy atom. The standard InChI is InChI=1S/C47H36N2/c1-32-12-4-5-14-34-16-10-17-35-18-11-21-45(46(34)35)48(32)37-24-26-38(27-25-37)49(39-23-22-33-13-6-7-15-36(33)30-39)40-28-29-42-41-19-8-9-20-43(41)47(2,3)44(42)31-40/h4-31H,1H2,2-3H3. The molecule has 0 radical (unpaired) electrons. The molecule has 1 aliphatic carbocycles. The van der Waals surface area contributed by atoms with Gasteiger partial charge in [-0.2, -0.15) is 0 Å². The van der Waals surface area contributed by atoms with Crippen LogP contribution in [-0.2, 0) is 5.41 Å². The van der Waals surface area contributed by atoms with Crippen molar-refractivity contribution in [3.05, 3.63) is 186 Å². The molecule has 0 atom stereocenters. The van der Waals surface area contributed by atoms with Gasteiger partial charge in [-0.15, -0.1) is 0 Å². The topological polar surface area (TPSA) is 8.17 Å². The van der Waals surface area contributed by atoms with E-state index in [2.05, 4.69) is 200 Å². The van der Waals surface area contributed by atoms with E-state index in [1.54, 1.807) is 0 Å². The molecule has 0 saturated carbocycles. The number of aromatic nitrogens is 1. The molecule has 0 fully saturated rings.